The van der Waals surface area contributed by atoms with Crippen LogP contribution < -0.4 is 11.1 Å². The van der Waals surface area contributed by atoms with Crippen LogP contribution in [0.5, 0.6) is 0 Å². The van der Waals surface area contributed by atoms with Crippen molar-refractivity contribution in [1.29, 1.82) is 5.26 Å². The Bertz CT molecular complexity index is 573. The topological polar surface area (TPSA) is 87.6 Å². The molecule has 5 nitrogen and oxygen atoms in total. The van der Waals surface area contributed by atoms with E-state index in [1.54, 1.807) is 12.1 Å². The van der Waals surface area contributed by atoms with Gasteiger partial charge in [-0.05, 0) is 12.1 Å². The van der Waals surface area contributed by atoms with E-state index < -0.39 is 5.82 Å². The fraction of sp³-hybridized carbons (Fsp3) is 0. The molecule has 17 heavy (non-hydrogen) atoms. The predicted molar refractivity (Wildman–Crippen MR) is 60.8 cm³/mol. The van der Waals surface area contributed by atoms with Crippen LogP contribution >= 0.6 is 0 Å². The third-order valence-electron chi connectivity index (χ3n) is 2.06. The zero-order chi connectivity index (χ0) is 12.3. The fourth-order valence-electron chi connectivity index (χ4n) is 1.28. The van der Waals surface area contributed by atoms with E-state index in [-0.39, 0.29) is 11.4 Å². The van der Waals surface area contributed by atoms with Gasteiger partial charge in [0.2, 0.25) is 0 Å². The lowest BCUT2D eigenvalue weighted by Gasteiger charge is -2.07. The molecule has 0 saturated carbocycles. The van der Waals surface area contributed by atoms with E-state index in [0.717, 1.165) is 0 Å². The molecule has 84 valence electrons. The Hall–Kier alpha value is -2.68. The number of nitrogens with one attached hydrogen (secondary N) is 1. The average molecular weight is 229 g/mol. The zero-order valence-corrected chi connectivity index (χ0v) is 8.68. The summed E-state index contributed by atoms with van der Waals surface area (Å²) in [7, 11) is 0. The van der Waals surface area contributed by atoms with E-state index in [0.29, 0.717) is 11.5 Å². The van der Waals surface area contributed by atoms with Crippen molar-refractivity contribution >= 4 is 17.3 Å². The van der Waals surface area contributed by atoms with Gasteiger partial charge in [0.05, 0.1) is 18.1 Å². The van der Waals surface area contributed by atoms with Gasteiger partial charge in [0.25, 0.3) is 0 Å². The van der Waals surface area contributed by atoms with Crippen molar-refractivity contribution in [3.63, 3.8) is 0 Å². The van der Waals surface area contributed by atoms with Crippen molar-refractivity contribution in [2.24, 2.45) is 0 Å². The molecule has 1 aromatic carbocycles. The second-order valence-corrected chi connectivity index (χ2v) is 3.23. The summed E-state index contributed by atoms with van der Waals surface area (Å²) in [5.41, 5.74) is 5.66. The SMILES string of the molecule is N#Cc1c(F)cccc1Nc1cnc(N)cn1. The van der Waals surface area contributed by atoms with Gasteiger partial charge in [-0.1, -0.05) is 6.07 Å². The summed E-state index contributed by atoms with van der Waals surface area (Å²) in [5, 5.41) is 11.6. The molecule has 2 aromatic rings. The highest BCUT2D eigenvalue weighted by atomic mass is 19.1. The number of aromatic nitrogens is 2. The van der Waals surface area contributed by atoms with Gasteiger partial charge in [-0.25, -0.2) is 14.4 Å². The molecule has 0 aliphatic heterocycles. The summed E-state index contributed by atoms with van der Waals surface area (Å²) in [4.78, 5) is 7.78. The van der Waals surface area contributed by atoms with Gasteiger partial charge in [0.1, 0.15) is 29.1 Å². The van der Waals surface area contributed by atoms with Crippen LogP contribution in [0.3, 0.4) is 0 Å². The Morgan fingerprint density at radius 1 is 1.29 bits per heavy atom. The van der Waals surface area contributed by atoms with Crippen LogP contribution in [-0.4, -0.2) is 9.97 Å². The molecule has 0 saturated heterocycles. The van der Waals surface area contributed by atoms with Crippen molar-refractivity contribution in [2.45, 2.75) is 0 Å². The standard InChI is InChI=1S/C11H8FN5/c12-8-2-1-3-9(7(8)4-13)17-11-6-15-10(14)5-16-11/h1-3,5-6H,(H2,14,15)(H,16,17). The number of nitrogens with two attached hydrogens (primary N) is 1. The maximum atomic E-state index is 13.3. The Labute approximate surface area is 96.7 Å². The molecule has 0 bridgehead atoms. The highest BCUT2D eigenvalue weighted by molar-refractivity contribution is 5.64. The van der Waals surface area contributed by atoms with Gasteiger partial charge in [-0.2, -0.15) is 5.26 Å². The first-order valence-electron chi connectivity index (χ1n) is 4.74. The lowest BCUT2D eigenvalue weighted by molar-refractivity contribution is 0.624. The Balaban J connectivity index is 2.34. The Kier molecular flexibility index (Phi) is 2.83. The Morgan fingerprint density at radius 3 is 2.76 bits per heavy atom. The van der Waals surface area contributed by atoms with Crippen molar-refractivity contribution in [3.8, 4) is 6.07 Å². The van der Waals surface area contributed by atoms with Gasteiger partial charge in [-0.3, -0.25) is 0 Å². The molecule has 1 aromatic heterocycles. The highest BCUT2D eigenvalue weighted by Gasteiger charge is 2.08. The quantitative estimate of drug-likeness (QED) is 0.819. The first-order chi connectivity index (χ1) is 8.20. The monoisotopic (exact) mass is 229 g/mol. The number of nitrogen functional groups attached to an aromatic ring is 1. The molecule has 0 unspecified atom stereocenters. The van der Waals surface area contributed by atoms with Crippen LogP contribution in [0.2, 0.25) is 0 Å². The van der Waals surface area contributed by atoms with Crippen LogP contribution in [0, 0.1) is 17.1 Å². The molecule has 0 radical (unpaired) electrons. The summed E-state index contributed by atoms with van der Waals surface area (Å²) in [6.07, 6.45) is 2.77. The van der Waals surface area contributed by atoms with Crippen molar-refractivity contribution < 1.29 is 4.39 Å². The zero-order valence-electron chi connectivity index (χ0n) is 8.68. The van der Waals surface area contributed by atoms with E-state index in [1.165, 1.54) is 24.5 Å². The molecule has 0 aliphatic rings. The van der Waals surface area contributed by atoms with Crippen molar-refractivity contribution in [3.05, 3.63) is 42.0 Å². The summed E-state index contributed by atoms with van der Waals surface area (Å²) >= 11 is 0. The predicted octanol–water partition coefficient (Wildman–Crippen LogP) is 1.81. The van der Waals surface area contributed by atoms with E-state index in [9.17, 15) is 4.39 Å². The molecule has 0 aliphatic carbocycles. The van der Waals surface area contributed by atoms with Gasteiger partial charge >= 0.3 is 0 Å². The minimum Gasteiger partial charge on any atom is -0.382 e. The summed E-state index contributed by atoms with van der Waals surface area (Å²) in [6.45, 7) is 0. The number of nitrogens with zero attached hydrogens (tertiary/aromatic N) is 3. The Morgan fingerprint density at radius 2 is 2.12 bits per heavy atom. The highest BCUT2D eigenvalue weighted by Crippen LogP contribution is 2.21. The van der Waals surface area contributed by atoms with Gasteiger partial charge in [-0.15, -0.1) is 0 Å². The van der Waals surface area contributed by atoms with Crippen LogP contribution in [-0.2, 0) is 0 Å². The van der Waals surface area contributed by atoms with Crippen molar-refractivity contribution in [2.75, 3.05) is 11.1 Å². The normalized spacial score (nSPS) is 9.65. The van der Waals surface area contributed by atoms with Crippen LogP contribution in [0.15, 0.2) is 30.6 Å². The molecule has 3 N–H and O–H groups in total. The lowest BCUT2D eigenvalue weighted by Crippen LogP contribution is -1.99. The van der Waals surface area contributed by atoms with Gasteiger partial charge in [0, 0.05) is 0 Å². The molecule has 2 rings (SSSR count). The largest absolute Gasteiger partial charge is 0.382 e. The van der Waals surface area contributed by atoms with Crippen molar-refractivity contribution in [1.82, 2.24) is 9.97 Å². The molecule has 6 heteroatoms. The van der Waals surface area contributed by atoms with E-state index in [1.807, 2.05) is 0 Å². The van der Waals surface area contributed by atoms with Gasteiger partial charge < -0.3 is 11.1 Å². The molecular formula is C11H8FN5. The van der Waals surface area contributed by atoms with Gasteiger partial charge in [0.15, 0.2) is 0 Å². The summed E-state index contributed by atoms with van der Waals surface area (Å²) in [6, 6.07) is 6.09. The number of benzene rings is 1. The number of hydrogen-bond donors (Lipinski definition) is 2. The molecule has 0 spiro atoms. The van der Waals surface area contributed by atoms with E-state index in [2.05, 4.69) is 15.3 Å². The number of rotatable bonds is 2. The minimum atomic E-state index is -0.582. The maximum Gasteiger partial charge on any atom is 0.149 e. The number of halogens is 1. The van der Waals surface area contributed by atoms with Crippen LogP contribution in [0.4, 0.5) is 21.7 Å². The number of anilines is 3. The lowest BCUT2D eigenvalue weighted by atomic mass is 10.2. The summed E-state index contributed by atoms with van der Waals surface area (Å²) in [5.74, 6) is 0.0949. The van der Waals surface area contributed by atoms with E-state index >= 15 is 0 Å². The smallest absolute Gasteiger partial charge is 0.149 e. The number of nitriles is 1. The minimum absolute atomic E-state index is 0.0638. The third kappa shape index (κ3) is 2.29. The van der Waals surface area contributed by atoms with Crippen LogP contribution in [0.1, 0.15) is 5.56 Å². The fourth-order valence-corrected chi connectivity index (χ4v) is 1.28. The molecule has 0 amide bonds. The molecule has 0 atom stereocenters. The number of hydrogen-bond acceptors (Lipinski definition) is 5. The maximum absolute atomic E-state index is 13.3. The summed E-state index contributed by atoms with van der Waals surface area (Å²) < 4.78 is 13.3. The molecular weight excluding hydrogens is 221 g/mol. The first-order valence-corrected chi connectivity index (χ1v) is 4.74. The first kappa shape index (κ1) is 10.8. The van der Waals surface area contributed by atoms with Crippen LogP contribution in [0.25, 0.3) is 0 Å². The average Bonchev–Trinajstić information content (AvgIpc) is 2.32. The second kappa shape index (κ2) is 4.45. The molecule has 1 heterocycles. The molecule has 0 fully saturated rings. The van der Waals surface area contributed by atoms with E-state index in [4.69, 9.17) is 11.0 Å². The second-order valence-electron chi connectivity index (χ2n) is 3.23. The third-order valence-corrected chi connectivity index (χ3v) is 2.06.